The van der Waals surface area contributed by atoms with Crippen LogP contribution >= 0.6 is 12.2 Å². The Balaban J connectivity index is 1.94. The number of rotatable bonds is 3. The lowest BCUT2D eigenvalue weighted by atomic mass is 10.0. The lowest BCUT2D eigenvalue weighted by Gasteiger charge is -2.47. The first kappa shape index (κ1) is 16.5. The molecule has 0 amide bonds. The predicted octanol–water partition coefficient (Wildman–Crippen LogP) is -0.296. The summed E-state index contributed by atoms with van der Waals surface area (Å²) in [5.41, 5.74) is 1.54. The summed E-state index contributed by atoms with van der Waals surface area (Å²) in [7, 11) is 0. The molecule has 3 aliphatic heterocycles. The number of nitriles is 1. The Morgan fingerprint density at radius 3 is 2.87 bits per heavy atom. The molecule has 0 aromatic heterocycles. The van der Waals surface area contributed by atoms with E-state index in [-0.39, 0.29) is 0 Å². The Kier molecular flexibility index (Phi) is 4.73. The lowest BCUT2D eigenvalue weighted by Crippen LogP contribution is -2.69. The normalized spacial score (nSPS) is 31.0. The number of nitrogens with zero attached hydrogens (tertiary/aromatic N) is 3. The van der Waals surface area contributed by atoms with E-state index in [1.165, 1.54) is 0 Å². The summed E-state index contributed by atoms with van der Waals surface area (Å²) < 4.78 is 5.42. The zero-order chi connectivity index (χ0) is 16.4. The third-order valence-electron chi connectivity index (χ3n) is 4.71. The van der Waals surface area contributed by atoms with E-state index < -0.39 is 11.9 Å². The smallest absolute Gasteiger partial charge is 0.224 e. The van der Waals surface area contributed by atoms with Crippen LogP contribution in [0.4, 0.5) is 0 Å². The zero-order valence-electron chi connectivity index (χ0n) is 13.3. The fraction of sp³-hybridized carbons (Fsp3) is 0.733. The van der Waals surface area contributed by atoms with Gasteiger partial charge in [-0.15, -0.1) is 0 Å². The van der Waals surface area contributed by atoms with Gasteiger partial charge in [-0.2, -0.15) is 5.26 Å². The van der Waals surface area contributed by atoms with Crippen molar-refractivity contribution < 1.29 is 9.84 Å². The Morgan fingerprint density at radius 2 is 2.22 bits per heavy atom. The Labute approximate surface area is 141 Å². The molecule has 2 unspecified atom stereocenters. The Bertz CT molecular complexity index is 555. The second-order valence-electron chi connectivity index (χ2n) is 5.95. The van der Waals surface area contributed by atoms with Crippen LogP contribution in [0.2, 0.25) is 0 Å². The summed E-state index contributed by atoms with van der Waals surface area (Å²) in [6.45, 7) is 5.82. The molecule has 0 aromatic rings. The van der Waals surface area contributed by atoms with E-state index >= 15 is 0 Å². The molecule has 3 rings (SSSR count). The summed E-state index contributed by atoms with van der Waals surface area (Å²) in [5, 5.41) is 27.9. The van der Waals surface area contributed by atoms with Gasteiger partial charge in [0, 0.05) is 31.9 Å². The summed E-state index contributed by atoms with van der Waals surface area (Å²) in [4.78, 5) is 3.97. The van der Waals surface area contributed by atoms with Crippen molar-refractivity contribution in [3.63, 3.8) is 0 Å². The average molecular weight is 337 g/mol. The van der Waals surface area contributed by atoms with E-state index in [4.69, 9.17) is 17.0 Å². The van der Waals surface area contributed by atoms with Crippen molar-refractivity contribution in [2.75, 3.05) is 39.4 Å². The molecule has 0 radical (unpaired) electrons. The van der Waals surface area contributed by atoms with Crippen LogP contribution in [0.3, 0.4) is 0 Å². The molecule has 23 heavy (non-hydrogen) atoms. The van der Waals surface area contributed by atoms with Gasteiger partial charge in [-0.3, -0.25) is 4.90 Å². The second-order valence-corrected chi connectivity index (χ2v) is 6.36. The average Bonchev–Trinajstić information content (AvgIpc) is 3.12. The van der Waals surface area contributed by atoms with Crippen LogP contribution < -0.4 is 10.6 Å². The van der Waals surface area contributed by atoms with Gasteiger partial charge in [0.2, 0.25) is 5.85 Å². The number of nitrogens with one attached hydrogen (secondary N) is 2. The summed E-state index contributed by atoms with van der Waals surface area (Å²) >= 11 is 5.30. The maximum atomic E-state index is 11.6. The summed E-state index contributed by atoms with van der Waals surface area (Å²) in [6.07, 6.45) is 1.78. The fourth-order valence-corrected chi connectivity index (χ4v) is 3.98. The summed E-state index contributed by atoms with van der Waals surface area (Å²) in [6, 6.07) is 1.75. The van der Waals surface area contributed by atoms with Gasteiger partial charge in [0.05, 0.1) is 24.9 Å². The molecule has 3 N–H and O–H groups in total. The highest BCUT2D eigenvalue weighted by atomic mass is 32.1. The molecule has 0 bridgehead atoms. The highest BCUT2D eigenvalue weighted by molar-refractivity contribution is 7.80. The third-order valence-corrected chi connectivity index (χ3v) is 4.98. The first-order chi connectivity index (χ1) is 11.1. The predicted molar refractivity (Wildman–Crippen MR) is 89.1 cm³/mol. The molecule has 3 aliphatic rings. The molecule has 2 saturated heterocycles. The molecule has 0 saturated carbocycles. The minimum absolute atomic E-state index is 0.457. The lowest BCUT2D eigenvalue weighted by molar-refractivity contribution is -0.217. The molecular formula is C15H23N5O2S. The Hall–Kier alpha value is -1.40. The van der Waals surface area contributed by atoms with Crippen molar-refractivity contribution in [3.05, 3.63) is 11.3 Å². The van der Waals surface area contributed by atoms with Crippen LogP contribution in [-0.2, 0) is 4.74 Å². The molecular weight excluding hydrogens is 314 g/mol. The van der Waals surface area contributed by atoms with Gasteiger partial charge in [-0.1, -0.05) is 0 Å². The van der Waals surface area contributed by atoms with Gasteiger partial charge >= 0.3 is 0 Å². The molecule has 7 nitrogen and oxygen atoms in total. The van der Waals surface area contributed by atoms with Crippen LogP contribution in [0.1, 0.15) is 19.8 Å². The Morgan fingerprint density at radius 1 is 1.48 bits per heavy atom. The van der Waals surface area contributed by atoms with Crippen molar-refractivity contribution in [1.82, 2.24) is 20.4 Å². The third kappa shape index (κ3) is 2.68. The molecule has 0 spiro atoms. The van der Waals surface area contributed by atoms with E-state index in [2.05, 4.69) is 16.7 Å². The molecule has 2 atom stereocenters. The standard InChI is InChI=1S/C15H23N5O2S/c1-2-17-14(23)18-13-11(10-16)12-4-3-5-20(12)15(13,21)19-6-8-22-9-7-19/h13,21H,2-9H2,1H3,(H2,17,18,23). The van der Waals surface area contributed by atoms with E-state index in [1.807, 2.05) is 16.7 Å². The van der Waals surface area contributed by atoms with Gasteiger partial charge in [0.1, 0.15) is 6.04 Å². The molecule has 3 heterocycles. The van der Waals surface area contributed by atoms with Gasteiger partial charge in [-0.05, 0) is 32.0 Å². The number of ether oxygens (including phenoxy) is 1. The summed E-state index contributed by atoms with van der Waals surface area (Å²) in [5.74, 6) is -1.26. The van der Waals surface area contributed by atoms with E-state index in [9.17, 15) is 10.4 Å². The highest BCUT2D eigenvalue weighted by Gasteiger charge is 2.57. The van der Waals surface area contributed by atoms with Crippen LogP contribution in [0.25, 0.3) is 0 Å². The molecule has 0 aliphatic carbocycles. The van der Waals surface area contributed by atoms with Crippen molar-refractivity contribution in [3.8, 4) is 6.07 Å². The van der Waals surface area contributed by atoms with E-state index in [1.54, 1.807) is 0 Å². The topological polar surface area (TPSA) is 83.8 Å². The van der Waals surface area contributed by atoms with E-state index in [0.29, 0.717) is 43.5 Å². The number of fused-ring (bicyclic) bond motifs is 1. The number of hydrogen-bond acceptors (Lipinski definition) is 6. The molecule has 2 fully saturated rings. The van der Waals surface area contributed by atoms with Crippen molar-refractivity contribution in [2.45, 2.75) is 31.7 Å². The van der Waals surface area contributed by atoms with Gasteiger partial charge in [0.15, 0.2) is 5.11 Å². The minimum atomic E-state index is -1.26. The van der Waals surface area contributed by atoms with Gasteiger partial charge in [0.25, 0.3) is 0 Å². The molecule has 0 aromatic carbocycles. The minimum Gasteiger partial charge on any atom is -0.379 e. The SMILES string of the molecule is CCNC(=S)NC1C(C#N)=C2CCCN2C1(O)N1CCOCC1. The maximum absolute atomic E-state index is 11.6. The molecule has 8 heteroatoms. The quantitative estimate of drug-likeness (QED) is 0.606. The number of aliphatic hydroxyl groups is 1. The number of hydrogen-bond donors (Lipinski definition) is 3. The van der Waals surface area contributed by atoms with Gasteiger partial charge in [-0.25, -0.2) is 0 Å². The first-order valence-electron chi connectivity index (χ1n) is 8.13. The van der Waals surface area contributed by atoms with Crippen LogP contribution in [0, 0.1) is 11.3 Å². The van der Waals surface area contributed by atoms with Crippen molar-refractivity contribution in [1.29, 1.82) is 5.26 Å². The van der Waals surface area contributed by atoms with Crippen LogP contribution in [0.5, 0.6) is 0 Å². The van der Waals surface area contributed by atoms with Crippen LogP contribution in [-0.4, -0.2) is 71.3 Å². The first-order valence-corrected chi connectivity index (χ1v) is 8.54. The largest absolute Gasteiger partial charge is 0.379 e. The van der Waals surface area contributed by atoms with Crippen molar-refractivity contribution >= 4 is 17.3 Å². The fourth-order valence-electron chi connectivity index (χ4n) is 3.72. The number of thiocarbonyl (C=S) groups is 1. The zero-order valence-corrected chi connectivity index (χ0v) is 14.2. The monoisotopic (exact) mass is 337 g/mol. The van der Waals surface area contributed by atoms with Crippen LogP contribution in [0.15, 0.2) is 11.3 Å². The molecule has 126 valence electrons. The second kappa shape index (κ2) is 6.61. The maximum Gasteiger partial charge on any atom is 0.224 e. The number of allylic oxidation sites excluding steroid dienone is 1. The van der Waals surface area contributed by atoms with E-state index in [0.717, 1.165) is 25.1 Å². The number of morpholine rings is 1. The highest BCUT2D eigenvalue weighted by Crippen LogP contribution is 2.43. The van der Waals surface area contributed by atoms with Crippen molar-refractivity contribution in [2.24, 2.45) is 0 Å². The van der Waals surface area contributed by atoms with Gasteiger partial charge < -0.3 is 25.4 Å².